The number of rotatable bonds is 2. The number of nitrogens with two attached hydrogens (primary N) is 1. The van der Waals surface area contributed by atoms with E-state index in [-0.39, 0.29) is 5.82 Å². The minimum atomic E-state index is 0.276. The van der Waals surface area contributed by atoms with Crippen LogP contribution >= 0.6 is 11.6 Å². The van der Waals surface area contributed by atoms with Crippen LogP contribution in [0.5, 0.6) is 0 Å². The van der Waals surface area contributed by atoms with Gasteiger partial charge in [0.15, 0.2) is 0 Å². The van der Waals surface area contributed by atoms with Crippen molar-refractivity contribution < 1.29 is 0 Å². The largest absolute Gasteiger partial charge is 0.382 e. The van der Waals surface area contributed by atoms with Gasteiger partial charge in [-0.25, -0.2) is 4.98 Å². The molecule has 0 aliphatic carbocycles. The van der Waals surface area contributed by atoms with E-state index in [1.807, 2.05) is 30.5 Å². The lowest BCUT2D eigenvalue weighted by Crippen LogP contribution is -2.03. The highest BCUT2D eigenvalue weighted by Crippen LogP contribution is 2.24. The monoisotopic (exact) mass is 273 g/mol. The SMILES string of the molecule is Cc1nc(Nc2ccc3cc[nH]c3c2)nc(N)c1Cl. The zero-order valence-corrected chi connectivity index (χ0v) is 11.0. The quantitative estimate of drug-likeness (QED) is 0.670. The van der Waals surface area contributed by atoms with Gasteiger partial charge in [0.05, 0.1) is 5.69 Å². The zero-order valence-electron chi connectivity index (χ0n) is 10.2. The van der Waals surface area contributed by atoms with Crippen molar-refractivity contribution in [3.05, 3.63) is 41.2 Å². The van der Waals surface area contributed by atoms with Gasteiger partial charge >= 0.3 is 0 Å². The number of benzene rings is 1. The third kappa shape index (κ3) is 2.20. The van der Waals surface area contributed by atoms with Crippen LogP contribution in [0, 0.1) is 6.92 Å². The fourth-order valence-electron chi connectivity index (χ4n) is 1.89. The van der Waals surface area contributed by atoms with Crippen molar-refractivity contribution in [2.24, 2.45) is 0 Å². The maximum absolute atomic E-state index is 5.93. The minimum Gasteiger partial charge on any atom is -0.382 e. The van der Waals surface area contributed by atoms with Gasteiger partial charge in [0.2, 0.25) is 5.95 Å². The van der Waals surface area contributed by atoms with E-state index in [1.54, 1.807) is 6.92 Å². The Morgan fingerprint density at radius 1 is 1.26 bits per heavy atom. The number of nitrogen functional groups attached to an aromatic ring is 1. The minimum absolute atomic E-state index is 0.276. The summed E-state index contributed by atoms with van der Waals surface area (Å²) < 4.78 is 0. The van der Waals surface area contributed by atoms with E-state index < -0.39 is 0 Å². The molecule has 0 aliphatic heterocycles. The van der Waals surface area contributed by atoms with Gasteiger partial charge in [0.1, 0.15) is 10.8 Å². The Labute approximate surface area is 114 Å². The number of nitrogens with one attached hydrogen (secondary N) is 2. The number of fused-ring (bicyclic) bond motifs is 1. The van der Waals surface area contributed by atoms with Gasteiger partial charge in [-0.3, -0.25) is 0 Å². The van der Waals surface area contributed by atoms with E-state index in [0.29, 0.717) is 16.7 Å². The molecular formula is C13H12ClN5. The lowest BCUT2D eigenvalue weighted by Gasteiger charge is -2.08. The number of aryl methyl sites for hydroxylation is 1. The van der Waals surface area contributed by atoms with Crippen LogP contribution in [0.3, 0.4) is 0 Å². The summed E-state index contributed by atoms with van der Waals surface area (Å²) in [6.45, 7) is 1.79. The van der Waals surface area contributed by atoms with Crippen molar-refractivity contribution in [2.75, 3.05) is 11.1 Å². The molecule has 3 rings (SSSR count). The van der Waals surface area contributed by atoms with Crippen LogP contribution in [0.15, 0.2) is 30.5 Å². The highest BCUT2D eigenvalue weighted by molar-refractivity contribution is 6.33. The first-order valence-electron chi connectivity index (χ1n) is 5.77. The number of hydrogen-bond acceptors (Lipinski definition) is 4. The molecule has 0 atom stereocenters. The molecule has 0 amide bonds. The van der Waals surface area contributed by atoms with E-state index in [1.165, 1.54) is 0 Å². The van der Waals surface area contributed by atoms with Crippen LogP contribution in [0.4, 0.5) is 17.5 Å². The molecule has 0 bridgehead atoms. The summed E-state index contributed by atoms with van der Waals surface area (Å²) in [6, 6.07) is 7.97. The van der Waals surface area contributed by atoms with Crippen LogP contribution in [0.1, 0.15) is 5.69 Å². The molecule has 19 heavy (non-hydrogen) atoms. The maximum atomic E-state index is 5.93. The lowest BCUT2D eigenvalue weighted by atomic mass is 10.2. The van der Waals surface area contributed by atoms with Crippen LogP contribution in [0.2, 0.25) is 5.02 Å². The molecule has 2 heterocycles. The van der Waals surface area contributed by atoms with E-state index in [2.05, 4.69) is 20.3 Å². The molecule has 0 fully saturated rings. The van der Waals surface area contributed by atoms with Crippen LogP contribution in [-0.4, -0.2) is 15.0 Å². The van der Waals surface area contributed by atoms with Gasteiger partial charge in [0, 0.05) is 17.4 Å². The van der Waals surface area contributed by atoms with Gasteiger partial charge in [-0.15, -0.1) is 0 Å². The first-order chi connectivity index (χ1) is 9.13. The summed E-state index contributed by atoms with van der Waals surface area (Å²) in [4.78, 5) is 11.5. The van der Waals surface area contributed by atoms with Crippen LogP contribution in [-0.2, 0) is 0 Å². The number of nitrogens with zero attached hydrogens (tertiary/aromatic N) is 2. The number of halogens is 1. The summed E-state index contributed by atoms with van der Waals surface area (Å²) in [5.41, 5.74) is 8.30. The number of anilines is 3. The molecule has 6 heteroatoms. The molecule has 3 aromatic rings. The van der Waals surface area contributed by atoms with Gasteiger partial charge < -0.3 is 16.0 Å². The highest BCUT2D eigenvalue weighted by Gasteiger charge is 2.07. The fraction of sp³-hybridized carbons (Fsp3) is 0.0769. The maximum Gasteiger partial charge on any atom is 0.229 e. The molecule has 1 aromatic carbocycles. The number of hydrogen-bond donors (Lipinski definition) is 3. The van der Waals surface area contributed by atoms with Crippen molar-refractivity contribution in [2.45, 2.75) is 6.92 Å². The second-order valence-corrected chi connectivity index (χ2v) is 4.61. The molecule has 0 radical (unpaired) electrons. The Balaban J connectivity index is 1.96. The standard InChI is InChI=1S/C13H12ClN5/c1-7-11(14)12(15)19-13(17-7)18-9-3-2-8-4-5-16-10(8)6-9/h2-6,16H,1H3,(H3,15,17,18,19). The Morgan fingerprint density at radius 3 is 2.89 bits per heavy atom. The molecule has 0 aliphatic rings. The van der Waals surface area contributed by atoms with Crippen LogP contribution in [0.25, 0.3) is 10.9 Å². The smallest absolute Gasteiger partial charge is 0.229 e. The van der Waals surface area contributed by atoms with Crippen molar-refractivity contribution >= 4 is 40.0 Å². The van der Waals surface area contributed by atoms with Gasteiger partial charge in [0.25, 0.3) is 0 Å². The molecule has 4 N–H and O–H groups in total. The van der Waals surface area contributed by atoms with E-state index in [4.69, 9.17) is 17.3 Å². The van der Waals surface area contributed by atoms with Crippen LogP contribution < -0.4 is 11.1 Å². The average Bonchev–Trinajstić information content (AvgIpc) is 2.83. The number of aromatic amines is 1. The Morgan fingerprint density at radius 2 is 2.11 bits per heavy atom. The topological polar surface area (TPSA) is 79.6 Å². The predicted molar refractivity (Wildman–Crippen MR) is 77.8 cm³/mol. The summed E-state index contributed by atoms with van der Waals surface area (Å²) >= 11 is 5.93. The molecule has 2 aromatic heterocycles. The summed E-state index contributed by atoms with van der Waals surface area (Å²) in [7, 11) is 0. The predicted octanol–water partition coefficient (Wildman–Crippen LogP) is 3.25. The summed E-state index contributed by atoms with van der Waals surface area (Å²) in [5.74, 6) is 0.711. The Hall–Kier alpha value is -2.27. The molecule has 0 unspecified atom stereocenters. The molecule has 96 valence electrons. The first-order valence-corrected chi connectivity index (χ1v) is 6.15. The Bertz CT molecular complexity index is 727. The van der Waals surface area contributed by atoms with Gasteiger partial charge in [-0.2, -0.15) is 4.98 Å². The van der Waals surface area contributed by atoms with Crippen molar-refractivity contribution in [3.63, 3.8) is 0 Å². The lowest BCUT2D eigenvalue weighted by molar-refractivity contribution is 1.11. The normalized spacial score (nSPS) is 10.8. The second kappa shape index (κ2) is 4.44. The van der Waals surface area contributed by atoms with Crippen molar-refractivity contribution in [3.8, 4) is 0 Å². The highest BCUT2D eigenvalue weighted by atomic mass is 35.5. The van der Waals surface area contributed by atoms with E-state index in [9.17, 15) is 0 Å². The third-order valence-corrected chi connectivity index (χ3v) is 3.32. The van der Waals surface area contributed by atoms with Crippen molar-refractivity contribution in [1.82, 2.24) is 15.0 Å². The third-order valence-electron chi connectivity index (χ3n) is 2.85. The van der Waals surface area contributed by atoms with E-state index >= 15 is 0 Å². The molecule has 5 nitrogen and oxygen atoms in total. The molecule has 0 saturated carbocycles. The summed E-state index contributed by atoms with van der Waals surface area (Å²) in [6.07, 6.45) is 1.90. The van der Waals surface area contributed by atoms with Gasteiger partial charge in [-0.05, 0) is 30.5 Å². The van der Waals surface area contributed by atoms with Gasteiger partial charge in [-0.1, -0.05) is 17.7 Å². The fourth-order valence-corrected chi connectivity index (χ4v) is 1.98. The molecule has 0 spiro atoms. The number of aromatic nitrogens is 3. The second-order valence-electron chi connectivity index (χ2n) is 4.24. The zero-order chi connectivity index (χ0) is 13.4. The van der Waals surface area contributed by atoms with E-state index in [0.717, 1.165) is 16.6 Å². The molecular weight excluding hydrogens is 262 g/mol. The first kappa shape index (κ1) is 11.8. The number of H-pyrrole nitrogens is 1. The average molecular weight is 274 g/mol. The van der Waals surface area contributed by atoms with Crippen molar-refractivity contribution in [1.29, 1.82) is 0 Å². The summed E-state index contributed by atoms with van der Waals surface area (Å²) in [5, 5.41) is 4.66. The Kier molecular flexibility index (Phi) is 2.76. The molecule has 0 saturated heterocycles.